The van der Waals surface area contributed by atoms with E-state index in [-0.39, 0.29) is 102 Å². The van der Waals surface area contributed by atoms with E-state index in [1.54, 1.807) is 0 Å². The van der Waals surface area contributed by atoms with Crippen molar-refractivity contribution in [3.05, 3.63) is 0 Å². The van der Waals surface area contributed by atoms with Crippen LogP contribution in [0.15, 0.2) is 0 Å². The number of rotatable bonds is 0. The zero-order valence-electron chi connectivity index (χ0n) is 4.41. The molecule has 0 atom stereocenters. The van der Waals surface area contributed by atoms with Gasteiger partial charge in [0.05, 0.1) is 0 Å². The summed E-state index contributed by atoms with van der Waals surface area (Å²) in [4.78, 5) is 0. The van der Waals surface area contributed by atoms with Crippen LogP contribution in [0.2, 0.25) is 0 Å². The molecule has 8 N–H and O–H groups in total. The molecule has 0 aromatic carbocycles. The Morgan fingerprint density at radius 1 is 0.429 bits per heavy atom. The Balaban J connectivity index is 0. The van der Waals surface area contributed by atoms with Crippen molar-refractivity contribution in [1.29, 1.82) is 0 Å². The van der Waals surface area contributed by atoms with E-state index >= 15 is 0 Å². The van der Waals surface area contributed by atoms with Gasteiger partial charge in [-0.3, -0.25) is 0 Å². The standard InChI is InChI=1S/Mo.2Na.4H2O/h;;;4*1H2. The first kappa shape index (κ1) is 108. The van der Waals surface area contributed by atoms with Crippen LogP contribution in [0.4, 0.5) is 0 Å². The summed E-state index contributed by atoms with van der Waals surface area (Å²) in [6.45, 7) is 0. The van der Waals surface area contributed by atoms with Crippen LogP contribution in [0.25, 0.3) is 0 Å². The summed E-state index contributed by atoms with van der Waals surface area (Å²) in [6, 6.07) is 0. The molecule has 0 saturated carbocycles. The Morgan fingerprint density at radius 2 is 0.429 bits per heavy atom. The molecule has 0 amide bonds. The summed E-state index contributed by atoms with van der Waals surface area (Å²) in [5.41, 5.74) is 0. The predicted octanol–water partition coefficient (Wildman–Crippen LogP) is -4.06. The molecule has 0 aromatic rings. The Morgan fingerprint density at radius 3 is 0.429 bits per heavy atom. The molecule has 0 fully saturated rings. The number of hydrogen-bond acceptors (Lipinski definition) is 0. The van der Waals surface area contributed by atoms with Crippen molar-refractivity contribution < 1.29 is 43.0 Å². The molecule has 0 unspecified atom stereocenters. The number of hydrogen-bond donors (Lipinski definition) is 0. The molecule has 0 aliphatic heterocycles. The maximum absolute atomic E-state index is 0. The minimum atomic E-state index is 0. The first-order chi connectivity index (χ1) is 0. The molecule has 2 radical (unpaired) electrons. The second kappa shape index (κ2) is 75.6. The molecule has 0 aliphatic rings. The summed E-state index contributed by atoms with van der Waals surface area (Å²) in [5.74, 6) is 0. The minimum Gasteiger partial charge on any atom is -0.412 e. The second-order valence-electron chi connectivity index (χ2n) is 0. The maximum atomic E-state index is 0. The van der Waals surface area contributed by atoms with E-state index < -0.39 is 0 Å². The van der Waals surface area contributed by atoms with Crippen molar-refractivity contribution >= 4 is 59.1 Å². The summed E-state index contributed by atoms with van der Waals surface area (Å²) < 4.78 is 0. The first-order valence-corrected chi connectivity index (χ1v) is 0. The molecule has 0 rings (SSSR count). The van der Waals surface area contributed by atoms with E-state index in [1.165, 1.54) is 0 Å². The molecule has 4 nitrogen and oxygen atoms in total. The normalized spacial score (nSPS) is 0. The third kappa shape index (κ3) is 56.9. The van der Waals surface area contributed by atoms with Gasteiger partial charge in [0.1, 0.15) is 0 Å². The third-order valence-electron chi connectivity index (χ3n) is 0. The molecule has 0 heterocycles. The van der Waals surface area contributed by atoms with Gasteiger partial charge in [0.25, 0.3) is 0 Å². The van der Waals surface area contributed by atoms with Crippen LogP contribution in [-0.2, 0) is 21.1 Å². The van der Waals surface area contributed by atoms with E-state index in [9.17, 15) is 0 Å². The van der Waals surface area contributed by atoms with Crippen molar-refractivity contribution in [3.8, 4) is 0 Å². The van der Waals surface area contributed by atoms with Crippen molar-refractivity contribution in [3.63, 3.8) is 0 Å². The Kier molecular flexibility index (Phi) is 1170. The smallest absolute Gasteiger partial charge is 0 e. The van der Waals surface area contributed by atoms with E-state index in [0.29, 0.717) is 0 Å². The molecule has 40 valence electrons. The van der Waals surface area contributed by atoms with Gasteiger partial charge in [0.15, 0.2) is 0 Å². The monoisotopic (exact) mass is 216 g/mol. The van der Waals surface area contributed by atoms with Crippen LogP contribution in [-0.4, -0.2) is 81.0 Å². The average molecular weight is 214 g/mol. The van der Waals surface area contributed by atoms with Gasteiger partial charge < -0.3 is 21.9 Å². The van der Waals surface area contributed by atoms with E-state index in [4.69, 9.17) is 0 Å². The Bertz CT molecular complexity index is 9.65. The van der Waals surface area contributed by atoms with Gasteiger partial charge in [0.2, 0.25) is 0 Å². The van der Waals surface area contributed by atoms with Crippen LogP contribution < -0.4 is 0 Å². The van der Waals surface area contributed by atoms with Gasteiger partial charge in [-0.25, -0.2) is 0 Å². The van der Waals surface area contributed by atoms with Gasteiger partial charge in [-0.05, 0) is 0 Å². The van der Waals surface area contributed by atoms with Gasteiger partial charge >= 0.3 is 0 Å². The molecule has 7 heavy (non-hydrogen) atoms. The topological polar surface area (TPSA) is 126 Å². The van der Waals surface area contributed by atoms with Gasteiger partial charge in [-0.15, -0.1) is 0 Å². The quantitative estimate of drug-likeness (QED) is 0.363. The Labute approximate surface area is 101 Å². The van der Waals surface area contributed by atoms with Crippen LogP contribution in [0.5, 0.6) is 0 Å². The minimum absolute atomic E-state index is 0. The molecule has 0 aliphatic carbocycles. The predicted molar refractivity (Wildman–Crippen MR) is 26.0 cm³/mol. The zero-order chi connectivity index (χ0) is 0. The molecular formula is H8MoNa2O4. The molecule has 0 bridgehead atoms. The fraction of sp³-hybridized carbons (Fsp3) is 0. The van der Waals surface area contributed by atoms with Crippen LogP contribution in [0.1, 0.15) is 0 Å². The molecule has 7 heteroatoms. The molecular weight excluding hydrogens is 206 g/mol. The van der Waals surface area contributed by atoms with E-state index in [0.717, 1.165) is 0 Å². The second-order valence-corrected chi connectivity index (χ2v) is 0. The van der Waals surface area contributed by atoms with Gasteiger partial charge in [-0.1, -0.05) is 0 Å². The van der Waals surface area contributed by atoms with Gasteiger partial charge in [0, 0.05) is 80.2 Å². The van der Waals surface area contributed by atoms with E-state index in [1.807, 2.05) is 0 Å². The molecule has 0 saturated heterocycles. The van der Waals surface area contributed by atoms with Crippen molar-refractivity contribution in [1.82, 2.24) is 0 Å². The van der Waals surface area contributed by atoms with Crippen LogP contribution >= 0.6 is 0 Å². The first-order valence-electron chi connectivity index (χ1n) is 0. The summed E-state index contributed by atoms with van der Waals surface area (Å²) in [6.07, 6.45) is 0. The third-order valence-corrected chi connectivity index (χ3v) is 0. The maximum Gasteiger partial charge on any atom is 0 e. The fourth-order valence-corrected chi connectivity index (χ4v) is 0. The Hall–Kier alpha value is 2.53. The van der Waals surface area contributed by atoms with Crippen molar-refractivity contribution in [2.24, 2.45) is 0 Å². The SMILES string of the molecule is O.O.O.O.[Mo].[Na].[Na]. The zero-order valence-corrected chi connectivity index (χ0v) is 10.4. The van der Waals surface area contributed by atoms with Gasteiger partial charge in [-0.2, -0.15) is 0 Å². The average Bonchev–Trinajstić information content (AvgIpc) is 0. The summed E-state index contributed by atoms with van der Waals surface area (Å²) in [5, 5.41) is 0. The molecule has 0 aromatic heterocycles. The fourth-order valence-electron chi connectivity index (χ4n) is 0. The van der Waals surface area contributed by atoms with Crippen molar-refractivity contribution in [2.45, 2.75) is 0 Å². The van der Waals surface area contributed by atoms with Crippen molar-refractivity contribution in [2.75, 3.05) is 0 Å². The van der Waals surface area contributed by atoms with E-state index in [2.05, 4.69) is 0 Å². The molecule has 0 spiro atoms. The van der Waals surface area contributed by atoms with Crippen LogP contribution in [0, 0.1) is 0 Å². The largest absolute Gasteiger partial charge is 0.412 e. The van der Waals surface area contributed by atoms with Crippen LogP contribution in [0.3, 0.4) is 0 Å². The summed E-state index contributed by atoms with van der Waals surface area (Å²) >= 11 is 0. The summed E-state index contributed by atoms with van der Waals surface area (Å²) in [7, 11) is 0.